The number of thiazole rings is 1. The fourth-order valence-electron chi connectivity index (χ4n) is 1.89. The maximum Gasteiger partial charge on any atom is 0.326 e. The van der Waals surface area contributed by atoms with Crippen LogP contribution in [0.25, 0.3) is 10.6 Å². The van der Waals surface area contributed by atoms with Crippen LogP contribution in [-0.2, 0) is 4.79 Å². The standard InChI is InChI=1S/C14H16N2O3S2/c1-3-4-10(14(18)19)16-12(17)11-8(2)15-13(21-11)9-5-6-20-7-9/h5-7,10H,3-4H2,1-2H3,(H,16,17)(H,18,19)/t10-/m1/s1. The molecule has 0 aliphatic heterocycles. The molecule has 0 aromatic carbocycles. The molecule has 112 valence electrons. The Labute approximate surface area is 130 Å². The van der Waals surface area contributed by atoms with Crippen LogP contribution in [0.5, 0.6) is 0 Å². The minimum atomic E-state index is -1.01. The lowest BCUT2D eigenvalue weighted by atomic mass is 10.1. The Balaban J connectivity index is 2.18. The minimum Gasteiger partial charge on any atom is -0.480 e. The molecule has 0 bridgehead atoms. The Bertz CT molecular complexity index is 635. The number of aromatic nitrogens is 1. The number of carboxylic acid groups (broad SMARTS) is 1. The van der Waals surface area contributed by atoms with Crippen LogP contribution >= 0.6 is 22.7 Å². The number of aryl methyl sites for hydroxylation is 1. The summed E-state index contributed by atoms with van der Waals surface area (Å²) in [6, 6.07) is 1.09. The number of nitrogens with one attached hydrogen (secondary N) is 1. The third kappa shape index (κ3) is 3.68. The quantitative estimate of drug-likeness (QED) is 0.855. The number of thiophene rings is 1. The van der Waals surface area contributed by atoms with Gasteiger partial charge in [0.2, 0.25) is 0 Å². The van der Waals surface area contributed by atoms with E-state index in [1.54, 1.807) is 18.3 Å². The second-order valence-corrected chi connectivity index (χ2v) is 6.38. The predicted molar refractivity (Wildman–Crippen MR) is 84.0 cm³/mol. The van der Waals surface area contributed by atoms with Gasteiger partial charge in [0.15, 0.2) is 0 Å². The van der Waals surface area contributed by atoms with Gasteiger partial charge >= 0.3 is 5.97 Å². The number of carbonyl (C=O) groups excluding carboxylic acids is 1. The molecular formula is C14H16N2O3S2. The van der Waals surface area contributed by atoms with Gasteiger partial charge in [-0.05, 0) is 24.8 Å². The Kier molecular flexibility index (Phi) is 5.08. The van der Waals surface area contributed by atoms with Gasteiger partial charge in [-0.1, -0.05) is 13.3 Å². The molecule has 0 aliphatic rings. The highest BCUT2D eigenvalue weighted by Gasteiger charge is 2.23. The van der Waals surface area contributed by atoms with Gasteiger partial charge in [-0.25, -0.2) is 9.78 Å². The summed E-state index contributed by atoms with van der Waals surface area (Å²) in [6.07, 6.45) is 1.11. The zero-order chi connectivity index (χ0) is 15.4. The third-order valence-electron chi connectivity index (χ3n) is 2.95. The van der Waals surface area contributed by atoms with E-state index in [0.717, 1.165) is 10.6 Å². The van der Waals surface area contributed by atoms with Crippen LogP contribution in [0.1, 0.15) is 35.1 Å². The van der Waals surface area contributed by atoms with Crippen molar-refractivity contribution < 1.29 is 14.7 Å². The third-order valence-corrected chi connectivity index (χ3v) is 4.84. The molecule has 0 radical (unpaired) electrons. The molecule has 0 unspecified atom stereocenters. The van der Waals surface area contributed by atoms with E-state index in [1.165, 1.54) is 11.3 Å². The number of carboxylic acids is 1. The Morgan fingerprint density at radius 3 is 2.81 bits per heavy atom. The zero-order valence-electron chi connectivity index (χ0n) is 11.8. The predicted octanol–water partition coefficient (Wildman–Crippen LogP) is 3.16. The molecule has 2 N–H and O–H groups in total. The second kappa shape index (κ2) is 6.82. The Hall–Kier alpha value is -1.73. The average Bonchev–Trinajstić information content (AvgIpc) is 3.06. The SMILES string of the molecule is CCC[C@@H](NC(=O)c1sc(-c2ccsc2)nc1C)C(=O)O. The van der Waals surface area contributed by atoms with Crippen LogP contribution in [0.2, 0.25) is 0 Å². The van der Waals surface area contributed by atoms with E-state index in [9.17, 15) is 9.59 Å². The summed E-state index contributed by atoms with van der Waals surface area (Å²) in [7, 11) is 0. The first-order valence-corrected chi connectivity index (χ1v) is 8.32. The molecule has 0 fully saturated rings. The summed E-state index contributed by atoms with van der Waals surface area (Å²) < 4.78 is 0. The molecule has 21 heavy (non-hydrogen) atoms. The van der Waals surface area contributed by atoms with Crippen LogP contribution in [0, 0.1) is 6.92 Å². The van der Waals surface area contributed by atoms with E-state index in [4.69, 9.17) is 5.11 Å². The maximum absolute atomic E-state index is 12.2. The number of hydrogen-bond donors (Lipinski definition) is 2. The molecule has 0 aliphatic carbocycles. The largest absolute Gasteiger partial charge is 0.480 e. The topological polar surface area (TPSA) is 79.3 Å². The minimum absolute atomic E-state index is 0.368. The molecule has 5 nitrogen and oxygen atoms in total. The van der Waals surface area contributed by atoms with Crippen molar-refractivity contribution in [3.05, 3.63) is 27.4 Å². The monoisotopic (exact) mass is 324 g/mol. The molecule has 0 saturated heterocycles. The van der Waals surface area contributed by atoms with E-state index in [2.05, 4.69) is 10.3 Å². The number of carbonyl (C=O) groups is 2. The summed E-state index contributed by atoms with van der Waals surface area (Å²) in [5.41, 5.74) is 1.61. The number of nitrogens with zero attached hydrogens (tertiary/aromatic N) is 1. The van der Waals surface area contributed by atoms with Crippen molar-refractivity contribution in [3.63, 3.8) is 0 Å². The van der Waals surface area contributed by atoms with Crippen LogP contribution < -0.4 is 5.32 Å². The lowest BCUT2D eigenvalue weighted by molar-refractivity contribution is -0.139. The van der Waals surface area contributed by atoms with Gasteiger partial charge < -0.3 is 10.4 Å². The van der Waals surface area contributed by atoms with Gasteiger partial charge in [-0.15, -0.1) is 11.3 Å². The molecule has 2 rings (SSSR count). The maximum atomic E-state index is 12.2. The molecule has 2 aromatic rings. The van der Waals surface area contributed by atoms with E-state index in [-0.39, 0.29) is 5.91 Å². The van der Waals surface area contributed by atoms with Gasteiger partial charge in [-0.2, -0.15) is 11.3 Å². The number of amides is 1. The van der Waals surface area contributed by atoms with E-state index in [1.807, 2.05) is 23.8 Å². The van der Waals surface area contributed by atoms with E-state index in [0.29, 0.717) is 23.4 Å². The summed E-state index contributed by atoms with van der Waals surface area (Å²) in [5.74, 6) is -1.38. The smallest absolute Gasteiger partial charge is 0.326 e. The second-order valence-electron chi connectivity index (χ2n) is 4.60. The fraction of sp³-hybridized carbons (Fsp3) is 0.357. The van der Waals surface area contributed by atoms with Crippen molar-refractivity contribution in [2.24, 2.45) is 0 Å². The first-order valence-electron chi connectivity index (χ1n) is 6.56. The zero-order valence-corrected chi connectivity index (χ0v) is 13.4. The van der Waals surface area contributed by atoms with Gasteiger partial charge in [0.05, 0.1) is 5.69 Å². The molecular weight excluding hydrogens is 308 g/mol. The highest BCUT2D eigenvalue weighted by Crippen LogP contribution is 2.29. The number of aliphatic carboxylic acids is 1. The normalized spacial score (nSPS) is 12.1. The van der Waals surface area contributed by atoms with Crippen molar-refractivity contribution >= 4 is 34.6 Å². The average molecular weight is 324 g/mol. The Morgan fingerprint density at radius 2 is 2.24 bits per heavy atom. The van der Waals surface area contributed by atoms with Crippen molar-refractivity contribution in [2.45, 2.75) is 32.7 Å². The summed E-state index contributed by atoms with van der Waals surface area (Å²) >= 11 is 2.86. The van der Waals surface area contributed by atoms with Crippen LogP contribution in [0.15, 0.2) is 16.8 Å². The Morgan fingerprint density at radius 1 is 1.48 bits per heavy atom. The molecule has 7 heteroatoms. The molecule has 1 atom stereocenters. The van der Waals surface area contributed by atoms with Gasteiger partial charge in [0, 0.05) is 10.9 Å². The molecule has 2 aromatic heterocycles. The van der Waals surface area contributed by atoms with Crippen LogP contribution in [0.4, 0.5) is 0 Å². The van der Waals surface area contributed by atoms with Gasteiger partial charge in [0.1, 0.15) is 15.9 Å². The van der Waals surface area contributed by atoms with E-state index >= 15 is 0 Å². The molecule has 0 spiro atoms. The molecule has 1 amide bonds. The van der Waals surface area contributed by atoms with Gasteiger partial charge in [0.25, 0.3) is 5.91 Å². The van der Waals surface area contributed by atoms with Crippen LogP contribution in [0.3, 0.4) is 0 Å². The number of rotatable bonds is 6. The lowest BCUT2D eigenvalue weighted by Gasteiger charge is -2.12. The van der Waals surface area contributed by atoms with Crippen molar-refractivity contribution in [2.75, 3.05) is 0 Å². The van der Waals surface area contributed by atoms with Gasteiger partial charge in [-0.3, -0.25) is 4.79 Å². The highest BCUT2D eigenvalue weighted by atomic mass is 32.1. The molecule has 0 saturated carbocycles. The van der Waals surface area contributed by atoms with Crippen molar-refractivity contribution in [1.29, 1.82) is 0 Å². The van der Waals surface area contributed by atoms with E-state index < -0.39 is 12.0 Å². The van der Waals surface area contributed by atoms with Crippen molar-refractivity contribution in [3.8, 4) is 10.6 Å². The lowest BCUT2D eigenvalue weighted by Crippen LogP contribution is -2.40. The summed E-state index contributed by atoms with van der Waals surface area (Å²) in [6.45, 7) is 3.64. The highest BCUT2D eigenvalue weighted by molar-refractivity contribution is 7.17. The fourth-order valence-corrected chi connectivity index (χ4v) is 3.57. The first-order chi connectivity index (χ1) is 10.0. The summed E-state index contributed by atoms with van der Waals surface area (Å²) in [5, 5.41) is 16.4. The van der Waals surface area contributed by atoms with Crippen LogP contribution in [-0.4, -0.2) is 28.0 Å². The van der Waals surface area contributed by atoms with Crippen molar-refractivity contribution in [1.82, 2.24) is 10.3 Å². The first kappa shape index (κ1) is 15.7. The number of hydrogen-bond acceptors (Lipinski definition) is 5. The molecule has 2 heterocycles. The summed E-state index contributed by atoms with van der Waals surface area (Å²) in [4.78, 5) is 28.2.